The Labute approximate surface area is 168 Å². The summed E-state index contributed by atoms with van der Waals surface area (Å²) in [6.07, 6.45) is 6.82. The lowest BCUT2D eigenvalue weighted by Crippen LogP contribution is -2.57. The third kappa shape index (κ3) is 3.54. The maximum Gasteiger partial charge on any atom is 0.243 e. The van der Waals surface area contributed by atoms with E-state index in [1.165, 1.54) is 37.8 Å². The van der Waals surface area contributed by atoms with Gasteiger partial charge in [-0.3, -0.25) is 4.79 Å². The highest BCUT2D eigenvalue weighted by molar-refractivity contribution is 5.88. The summed E-state index contributed by atoms with van der Waals surface area (Å²) in [5.74, 6) is 2.05. The summed E-state index contributed by atoms with van der Waals surface area (Å²) >= 11 is 0. The molecular formula is C23H34FN3O. The van der Waals surface area contributed by atoms with Crippen molar-refractivity contribution in [2.75, 3.05) is 25.0 Å². The van der Waals surface area contributed by atoms with Gasteiger partial charge in [-0.05, 0) is 86.4 Å². The molecule has 0 radical (unpaired) electrons. The lowest BCUT2D eigenvalue weighted by molar-refractivity contribution is -0.124. The van der Waals surface area contributed by atoms with Crippen LogP contribution < -0.4 is 11.1 Å². The van der Waals surface area contributed by atoms with Crippen LogP contribution in [-0.4, -0.2) is 36.0 Å². The van der Waals surface area contributed by atoms with Crippen LogP contribution in [0.5, 0.6) is 0 Å². The molecule has 5 rings (SSSR count). The number of anilines is 1. The number of hydrogen-bond acceptors (Lipinski definition) is 3. The van der Waals surface area contributed by atoms with Gasteiger partial charge in [0.15, 0.2) is 0 Å². The minimum absolute atomic E-state index is 0.310. The van der Waals surface area contributed by atoms with Crippen molar-refractivity contribution < 1.29 is 9.18 Å². The first kappa shape index (κ1) is 19.7. The van der Waals surface area contributed by atoms with Gasteiger partial charge in [-0.25, -0.2) is 4.39 Å². The van der Waals surface area contributed by atoms with E-state index in [2.05, 4.69) is 24.1 Å². The zero-order valence-corrected chi connectivity index (χ0v) is 17.2. The molecule has 5 heteroatoms. The van der Waals surface area contributed by atoms with Gasteiger partial charge in [0.2, 0.25) is 5.91 Å². The predicted octanol–water partition coefficient (Wildman–Crippen LogP) is 4.02. The van der Waals surface area contributed by atoms with Gasteiger partial charge in [0.25, 0.3) is 0 Å². The summed E-state index contributed by atoms with van der Waals surface area (Å²) in [6, 6.07) is 6.27. The van der Waals surface area contributed by atoms with Crippen LogP contribution in [0.1, 0.15) is 52.4 Å². The second-order valence-corrected chi connectivity index (χ2v) is 9.91. The Morgan fingerprint density at radius 1 is 1.29 bits per heavy atom. The van der Waals surface area contributed by atoms with Crippen LogP contribution >= 0.6 is 0 Å². The molecule has 3 atom stereocenters. The van der Waals surface area contributed by atoms with Crippen LogP contribution in [-0.2, 0) is 4.79 Å². The molecule has 3 aliphatic carbocycles. The van der Waals surface area contributed by atoms with E-state index >= 15 is 0 Å². The second kappa shape index (κ2) is 7.33. The normalized spacial score (nSPS) is 31.0. The van der Waals surface area contributed by atoms with Crippen LogP contribution in [0.15, 0.2) is 24.3 Å². The lowest BCUT2D eigenvalue weighted by Gasteiger charge is -2.60. The quantitative estimate of drug-likeness (QED) is 0.775. The number of rotatable bonds is 6. The van der Waals surface area contributed by atoms with Crippen LogP contribution in [0, 0.1) is 29.0 Å². The van der Waals surface area contributed by atoms with Gasteiger partial charge in [0.05, 0.1) is 0 Å². The highest BCUT2D eigenvalue weighted by atomic mass is 19.1. The molecule has 4 aliphatic rings. The van der Waals surface area contributed by atoms with E-state index in [0.29, 0.717) is 23.9 Å². The van der Waals surface area contributed by atoms with Crippen LogP contribution in [0.3, 0.4) is 0 Å². The summed E-state index contributed by atoms with van der Waals surface area (Å²) < 4.78 is 13.5. The van der Waals surface area contributed by atoms with Crippen molar-refractivity contribution in [3.63, 3.8) is 0 Å². The summed E-state index contributed by atoms with van der Waals surface area (Å²) in [4.78, 5) is 14.7. The number of piperidine rings is 1. The average molecular weight is 388 g/mol. The van der Waals surface area contributed by atoms with Crippen molar-refractivity contribution in [2.45, 2.75) is 57.9 Å². The molecule has 1 aromatic carbocycles. The molecule has 4 nitrogen and oxygen atoms in total. The van der Waals surface area contributed by atoms with E-state index in [0.717, 1.165) is 37.4 Å². The van der Waals surface area contributed by atoms with Crippen molar-refractivity contribution >= 4 is 11.6 Å². The van der Waals surface area contributed by atoms with Gasteiger partial charge in [-0.15, -0.1) is 0 Å². The largest absolute Gasteiger partial charge is 0.371 e. The lowest BCUT2D eigenvalue weighted by atomic mass is 9.45. The van der Waals surface area contributed by atoms with Crippen LogP contribution in [0.4, 0.5) is 10.1 Å². The van der Waals surface area contributed by atoms with Gasteiger partial charge >= 0.3 is 0 Å². The van der Waals surface area contributed by atoms with Crippen LogP contribution in [0.2, 0.25) is 0 Å². The number of fused-ring (bicyclic) bond motifs is 2. The van der Waals surface area contributed by atoms with Gasteiger partial charge in [-0.2, -0.15) is 0 Å². The fraction of sp³-hybridized carbons (Fsp3) is 0.696. The Morgan fingerprint density at radius 3 is 2.64 bits per heavy atom. The molecule has 4 fully saturated rings. The first-order valence-electron chi connectivity index (χ1n) is 10.9. The molecule has 0 aromatic heterocycles. The number of carbonyl (C=O) groups excluding carboxylic acids is 1. The molecule has 3 saturated carbocycles. The number of likely N-dealkylation sites (tertiary alicyclic amines) is 1. The monoisotopic (exact) mass is 387 g/mol. The third-order valence-electron chi connectivity index (χ3n) is 8.21. The molecular weight excluding hydrogens is 353 g/mol. The number of nitrogens with two attached hydrogens (primary N) is 1. The molecule has 0 spiro atoms. The Balaban J connectivity index is 1.32. The molecule has 1 amide bonds. The zero-order valence-electron chi connectivity index (χ0n) is 17.2. The number of amides is 1. The molecule has 1 aliphatic heterocycles. The standard InChI is InChI=1S/C23H34FN3O/c1-22(2)17-7-6-16(20(22)14-17)8-11-27-12-9-23(10-13-27,21(25)28)26-19-5-3-4-18(24)15-19/h3-5,15-17,20,26H,6-14H2,1-2H3,(H2,25,28). The molecule has 1 heterocycles. The minimum Gasteiger partial charge on any atom is -0.371 e. The Bertz CT molecular complexity index is 724. The summed E-state index contributed by atoms with van der Waals surface area (Å²) in [5, 5.41) is 3.24. The second-order valence-electron chi connectivity index (χ2n) is 9.91. The van der Waals surface area contributed by atoms with Crippen LogP contribution in [0.25, 0.3) is 0 Å². The third-order valence-corrected chi connectivity index (χ3v) is 8.21. The van der Waals surface area contributed by atoms with E-state index < -0.39 is 5.54 Å². The Hall–Kier alpha value is -1.62. The molecule has 154 valence electrons. The fourth-order valence-electron chi connectivity index (χ4n) is 6.09. The van der Waals surface area contributed by atoms with Gasteiger partial charge in [-0.1, -0.05) is 19.9 Å². The number of carbonyl (C=O) groups is 1. The van der Waals surface area contributed by atoms with E-state index in [1.54, 1.807) is 12.1 Å². The Morgan fingerprint density at radius 2 is 2.04 bits per heavy atom. The van der Waals surface area contributed by atoms with E-state index in [1.807, 2.05) is 0 Å². The van der Waals surface area contributed by atoms with Crippen molar-refractivity contribution in [1.29, 1.82) is 0 Å². The summed E-state index contributed by atoms with van der Waals surface area (Å²) in [5.41, 5.74) is 6.15. The Kier molecular flexibility index (Phi) is 5.15. The van der Waals surface area contributed by atoms with Crippen molar-refractivity contribution in [3.05, 3.63) is 30.1 Å². The topological polar surface area (TPSA) is 58.4 Å². The SMILES string of the molecule is CC1(C)C2CCC(CCN3CCC(Nc4cccc(F)c4)(C(N)=O)CC3)C1C2. The van der Waals surface area contributed by atoms with Gasteiger partial charge in [0.1, 0.15) is 11.4 Å². The highest BCUT2D eigenvalue weighted by Crippen LogP contribution is 2.62. The minimum atomic E-state index is -0.779. The van der Waals surface area contributed by atoms with Gasteiger partial charge < -0.3 is 16.0 Å². The first-order valence-corrected chi connectivity index (χ1v) is 10.9. The maximum atomic E-state index is 13.5. The summed E-state index contributed by atoms with van der Waals surface area (Å²) in [7, 11) is 0. The smallest absolute Gasteiger partial charge is 0.243 e. The number of benzene rings is 1. The molecule has 3 unspecified atom stereocenters. The maximum absolute atomic E-state index is 13.5. The molecule has 2 bridgehead atoms. The number of primary amides is 1. The number of nitrogens with zero attached hydrogens (tertiary/aromatic N) is 1. The molecule has 3 N–H and O–H groups in total. The highest BCUT2D eigenvalue weighted by Gasteiger charge is 2.53. The van der Waals surface area contributed by atoms with Gasteiger partial charge in [0, 0.05) is 18.8 Å². The molecule has 1 aromatic rings. The zero-order chi connectivity index (χ0) is 19.9. The first-order chi connectivity index (χ1) is 13.3. The predicted molar refractivity (Wildman–Crippen MR) is 110 cm³/mol. The molecule has 28 heavy (non-hydrogen) atoms. The van der Waals surface area contributed by atoms with E-state index in [-0.39, 0.29) is 11.7 Å². The van der Waals surface area contributed by atoms with Crippen molar-refractivity contribution in [3.8, 4) is 0 Å². The number of nitrogens with one attached hydrogen (secondary N) is 1. The van der Waals surface area contributed by atoms with Crippen molar-refractivity contribution in [1.82, 2.24) is 4.90 Å². The van der Waals surface area contributed by atoms with Crippen molar-refractivity contribution in [2.24, 2.45) is 28.9 Å². The molecule has 1 saturated heterocycles. The van der Waals surface area contributed by atoms with E-state index in [9.17, 15) is 9.18 Å². The van der Waals surface area contributed by atoms with E-state index in [4.69, 9.17) is 5.73 Å². The number of halogens is 1. The number of hydrogen-bond donors (Lipinski definition) is 2. The fourth-order valence-corrected chi connectivity index (χ4v) is 6.09. The summed E-state index contributed by atoms with van der Waals surface area (Å²) in [6.45, 7) is 7.73. The average Bonchev–Trinajstić information content (AvgIpc) is 2.67.